The fraction of sp³-hybridized carbons (Fsp3) is 0.500. The van der Waals surface area contributed by atoms with E-state index in [2.05, 4.69) is 29.4 Å². The van der Waals surface area contributed by atoms with Crippen molar-refractivity contribution >= 4 is 25.3 Å². The van der Waals surface area contributed by atoms with E-state index < -0.39 is 14.2 Å². The molecule has 2 rings (SSSR count). The summed E-state index contributed by atoms with van der Waals surface area (Å²) in [5.74, 6) is 1.27. The molecule has 0 aliphatic heterocycles. The zero-order valence-corrected chi connectivity index (χ0v) is 15.4. The molecule has 0 amide bonds. The third kappa shape index (κ3) is 4.80. The van der Waals surface area contributed by atoms with Crippen LogP contribution in [0.4, 0.5) is 4.79 Å². The number of fused-ring (bicyclic) bond motifs is 1. The van der Waals surface area contributed by atoms with Gasteiger partial charge in [-0.1, -0.05) is 19.6 Å². The molecule has 0 saturated heterocycles. The Morgan fingerprint density at radius 1 is 1.30 bits per heavy atom. The molecule has 0 N–H and O–H groups in total. The van der Waals surface area contributed by atoms with Crippen LogP contribution < -0.4 is 4.74 Å². The first-order valence-corrected chi connectivity index (χ1v) is 11.3. The quantitative estimate of drug-likeness (QED) is 0.347. The average molecular weight is 336 g/mol. The molecule has 0 atom stereocenters. The Balaban J connectivity index is 2.09. The van der Waals surface area contributed by atoms with E-state index in [-0.39, 0.29) is 0 Å². The van der Waals surface area contributed by atoms with Crippen molar-refractivity contribution in [1.29, 1.82) is 0 Å². The van der Waals surface area contributed by atoms with Gasteiger partial charge in [0.25, 0.3) is 0 Å². The van der Waals surface area contributed by atoms with E-state index in [0.29, 0.717) is 12.5 Å². The number of hydrogen-bond donors (Lipinski definition) is 0. The Morgan fingerprint density at radius 2 is 2.04 bits per heavy atom. The molecule has 2 aromatic rings. The first-order chi connectivity index (χ1) is 10.8. The van der Waals surface area contributed by atoms with Gasteiger partial charge in [-0.05, 0) is 25.1 Å². The third-order valence-electron chi connectivity index (χ3n) is 3.50. The summed E-state index contributed by atoms with van der Waals surface area (Å²) in [7, 11) is 0.192. The van der Waals surface area contributed by atoms with Crippen LogP contribution in [-0.4, -0.2) is 37.5 Å². The number of aryl methyl sites for hydroxylation is 1. The topological polar surface area (TPSA) is 62.6 Å². The van der Waals surface area contributed by atoms with Crippen LogP contribution in [-0.2, 0) is 16.2 Å². The monoisotopic (exact) mass is 336 g/mol. The Morgan fingerprint density at radius 3 is 2.70 bits per heavy atom. The summed E-state index contributed by atoms with van der Waals surface area (Å²) in [5, 5.41) is 0. The molecule has 7 heteroatoms. The number of ether oxygens (including phenoxy) is 3. The van der Waals surface area contributed by atoms with Gasteiger partial charge in [0.1, 0.15) is 18.3 Å². The van der Waals surface area contributed by atoms with Gasteiger partial charge in [0, 0.05) is 20.7 Å². The van der Waals surface area contributed by atoms with E-state index in [4.69, 9.17) is 9.47 Å². The fourth-order valence-corrected chi connectivity index (χ4v) is 2.89. The predicted octanol–water partition coefficient (Wildman–Crippen LogP) is 3.80. The predicted molar refractivity (Wildman–Crippen MR) is 91.6 cm³/mol. The maximum Gasteiger partial charge on any atom is 0.513 e. The molecule has 6 nitrogen and oxygen atoms in total. The van der Waals surface area contributed by atoms with Gasteiger partial charge in [-0.3, -0.25) is 0 Å². The number of methoxy groups -OCH3 is 1. The minimum atomic E-state index is -1.08. The number of aromatic nitrogens is 2. The molecule has 0 radical (unpaired) electrons. The Kier molecular flexibility index (Phi) is 5.43. The lowest BCUT2D eigenvalue weighted by atomic mass is 10.3. The lowest BCUT2D eigenvalue weighted by Gasteiger charge is -2.16. The van der Waals surface area contributed by atoms with Crippen molar-refractivity contribution in [2.75, 3.05) is 13.7 Å². The van der Waals surface area contributed by atoms with Gasteiger partial charge >= 0.3 is 6.16 Å². The van der Waals surface area contributed by atoms with Crippen molar-refractivity contribution in [3.05, 3.63) is 24.0 Å². The van der Waals surface area contributed by atoms with E-state index in [1.807, 2.05) is 17.6 Å². The van der Waals surface area contributed by atoms with Crippen molar-refractivity contribution in [1.82, 2.24) is 9.55 Å². The molecule has 0 aliphatic carbocycles. The molecule has 0 saturated carbocycles. The summed E-state index contributed by atoms with van der Waals surface area (Å²) in [6.07, 6.45) is -0.741. The first-order valence-electron chi connectivity index (χ1n) is 7.60. The zero-order valence-electron chi connectivity index (χ0n) is 14.4. The van der Waals surface area contributed by atoms with Crippen molar-refractivity contribution < 1.29 is 19.0 Å². The van der Waals surface area contributed by atoms with Gasteiger partial charge < -0.3 is 18.8 Å². The lowest BCUT2D eigenvalue weighted by Crippen LogP contribution is -2.22. The van der Waals surface area contributed by atoms with Crippen LogP contribution in [0.25, 0.3) is 11.0 Å². The summed E-state index contributed by atoms with van der Waals surface area (Å²) in [6, 6.07) is 6.45. The highest BCUT2D eigenvalue weighted by Gasteiger charge is 2.13. The molecule has 1 aromatic carbocycles. The highest BCUT2D eigenvalue weighted by molar-refractivity contribution is 6.76. The summed E-state index contributed by atoms with van der Waals surface area (Å²) in [6.45, 7) is 10.2. The molecule has 0 spiro atoms. The maximum absolute atomic E-state index is 11.2. The van der Waals surface area contributed by atoms with Crippen molar-refractivity contribution in [3.8, 4) is 5.75 Å². The van der Waals surface area contributed by atoms with Gasteiger partial charge in [0.05, 0.1) is 18.1 Å². The molecular formula is C16H24N2O4Si. The largest absolute Gasteiger partial charge is 0.513 e. The molecule has 1 aromatic heterocycles. The second-order valence-corrected chi connectivity index (χ2v) is 12.3. The molecule has 1 heterocycles. The van der Waals surface area contributed by atoms with Gasteiger partial charge in [0.15, 0.2) is 0 Å². The van der Waals surface area contributed by atoms with Crippen LogP contribution in [0.15, 0.2) is 18.2 Å². The second kappa shape index (κ2) is 7.14. The number of rotatable bonds is 6. The molecule has 0 fully saturated rings. The van der Waals surface area contributed by atoms with Crippen LogP contribution in [0.1, 0.15) is 5.82 Å². The van der Waals surface area contributed by atoms with Crippen molar-refractivity contribution in [2.45, 2.75) is 39.3 Å². The minimum absolute atomic E-state index is 0.411. The van der Waals surface area contributed by atoms with Crippen molar-refractivity contribution in [3.63, 3.8) is 0 Å². The van der Waals surface area contributed by atoms with E-state index in [1.54, 1.807) is 12.1 Å². The molecule has 23 heavy (non-hydrogen) atoms. The summed E-state index contributed by atoms with van der Waals surface area (Å²) in [5.41, 5.74) is 1.71. The minimum Gasteiger partial charge on any atom is -0.437 e. The molecule has 0 unspecified atom stereocenters. The summed E-state index contributed by atoms with van der Waals surface area (Å²) >= 11 is 0. The number of hydrogen-bond acceptors (Lipinski definition) is 5. The number of imidazole rings is 1. The number of carbonyl (C=O) groups excluding carboxylic acids is 1. The van der Waals surface area contributed by atoms with Gasteiger partial charge in [-0.2, -0.15) is 0 Å². The normalized spacial score (nSPS) is 11.7. The van der Waals surface area contributed by atoms with E-state index in [0.717, 1.165) is 29.5 Å². The Hall–Kier alpha value is -1.86. The van der Waals surface area contributed by atoms with Gasteiger partial charge in [0.2, 0.25) is 0 Å². The molecule has 0 bridgehead atoms. The lowest BCUT2D eigenvalue weighted by molar-refractivity contribution is 0.0885. The number of benzene rings is 1. The Labute approximate surface area is 137 Å². The van der Waals surface area contributed by atoms with Crippen LogP contribution >= 0.6 is 0 Å². The highest BCUT2D eigenvalue weighted by Crippen LogP contribution is 2.22. The molecule has 126 valence electrons. The van der Waals surface area contributed by atoms with Gasteiger partial charge in [-0.25, -0.2) is 9.78 Å². The fourth-order valence-electron chi connectivity index (χ4n) is 2.13. The standard InChI is InChI=1S/C16H24N2O4Si/c1-12-17-14-10-13(22-16(19)20-2)6-7-15(14)18(12)11-21-8-9-23(3,4)5/h6-7,10H,8-9,11H2,1-5H3. The van der Waals surface area contributed by atoms with Crippen molar-refractivity contribution in [2.24, 2.45) is 0 Å². The van der Waals surface area contributed by atoms with E-state index >= 15 is 0 Å². The highest BCUT2D eigenvalue weighted by atomic mass is 28.3. The third-order valence-corrected chi connectivity index (χ3v) is 5.20. The number of carbonyl (C=O) groups is 1. The second-order valence-electron chi connectivity index (χ2n) is 6.64. The summed E-state index contributed by atoms with van der Waals surface area (Å²) in [4.78, 5) is 15.7. The first kappa shape index (κ1) is 17.5. The van der Waals surface area contributed by atoms with E-state index in [1.165, 1.54) is 7.11 Å². The van der Waals surface area contributed by atoms with Crippen LogP contribution in [0.2, 0.25) is 25.7 Å². The smallest absolute Gasteiger partial charge is 0.437 e. The Bertz CT molecular complexity index is 691. The molecular weight excluding hydrogens is 312 g/mol. The van der Waals surface area contributed by atoms with Crippen LogP contribution in [0.3, 0.4) is 0 Å². The van der Waals surface area contributed by atoms with Crippen LogP contribution in [0, 0.1) is 6.92 Å². The zero-order chi connectivity index (χ0) is 17.0. The van der Waals surface area contributed by atoms with Crippen LogP contribution in [0.5, 0.6) is 5.75 Å². The number of nitrogens with zero attached hydrogens (tertiary/aromatic N) is 2. The molecule has 0 aliphatic rings. The average Bonchev–Trinajstić information content (AvgIpc) is 2.77. The maximum atomic E-state index is 11.2. The van der Waals surface area contributed by atoms with Gasteiger partial charge in [-0.15, -0.1) is 0 Å². The summed E-state index contributed by atoms with van der Waals surface area (Å²) < 4.78 is 17.3. The SMILES string of the molecule is COC(=O)Oc1ccc2c(c1)nc(C)n2COCC[Si](C)(C)C. The van der Waals surface area contributed by atoms with E-state index in [9.17, 15) is 4.79 Å².